The summed E-state index contributed by atoms with van der Waals surface area (Å²) in [5.74, 6) is -0.806. The minimum absolute atomic E-state index is 0.241. The SMILES string of the molecule is O=C(O)c1ccc(NC(=O)C2CSCCN2)cc1F. The first kappa shape index (κ1) is 13.8. The highest BCUT2D eigenvalue weighted by Crippen LogP contribution is 2.16. The number of carbonyl (C=O) groups excluding carboxylic acids is 1. The van der Waals surface area contributed by atoms with Crippen molar-refractivity contribution in [3.05, 3.63) is 29.6 Å². The third-order valence-corrected chi connectivity index (χ3v) is 3.77. The number of halogens is 1. The molecule has 1 heterocycles. The van der Waals surface area contributed by atoms with Crippen LogP contribution in [0, 0.1) is 5.82 Å². The molecule has 1 saturated heterocycles. The Labute approximate surface area is 113 Å². The molecular formula is C12H13FN2O3S. The number of benzene rings is 1. The molecule has 1 aliphatic heterocycles. The summed E-state index contributed by atoms with van der Waals surface area (Å²) in [7, 11) is 0. The van der Waals surface area contributed by atoms with Crippen LogP contribution in [-0.4, -0.2) is 41.1 Å². The predicted molar refractivity (Wildman–Crippen MR) is 71.1 cm³/mol. The molecule has 1 aliphatic rings. The first-order chi connectivity index (χ1) is 9.08. The van der Waals surface area contributed by atoms with E-state index < -0.39 is 17.3 Å². The van der Waals surface area contributed by atoms with Crippen LogP contribution < -0.4 is 10.6 Å². The molecule has 1 unspecified atom stereocenters. The number of hydrogen-bond acceptors (Lipinski definition) is 4. The van der Waals surface area contributed by atoms with Gasteiger partial charge in [-0.25, -0.2) is 9.18 Å². The second kappa shape index (κ2) is 6.03. The van der Waals surface area contributed by atoms with Gasteiger partial charge in [0.25, 0.3) is 0 Å². The first-order valence-corrected chi connectivity index (χ1v) is 6.88. The van der Waals surface area contributed by atoms with Gasteiger partial charge in [-0.15, -0.1) is 0 Å². The molecule has 0 bridgehead atoms. The van der Waals surface area contributed by atoms with Gasteiger partial charge in [-0.2, -0.15) is 11.8 Å². The number of thioether (sulfide) groups is 1. The van der Waals surface area contributed by atoms with Crippen molar-refractivity contribution in [2.24, 2.45) is 0 Å². The summed E-state index contributed by atoms with van der Waals surface area (Å²) >= 11 is 1.68. The molecule has 3 N–H and O–H groups in total. The Morgan fingerprint density at radius 2 is 2.26 bits per heavy atom. The van der Waals surface area contributed by atoms with Gasteiger partial charge in [-0.3, -0.25) is 4.79 Å². The van der Waals surface area contributed by atoms with Crippen molar-refractivity contribution >= 4 is 29.3 Å². The summed E-state index contributed by atoms with van der Waals surface area (Å²) in [6.45, 7) is 0.759. The molecule has 102 valence electrons. The number of hydrogen-bond donors (Lipinski definition) is 3. The molecule has 0 spiro atoms. The third kappa shape index (κ3) is 3.45. The van der Waals surface area contributed by atoms with Crippen LogP contribution in [0.1, 0.15) is 10.4 Å². The summed E-state index contributed by atoms with van der Waals surface area (Å²) in [6.07, 6.45) is 0. The van der Waals surface area contributed by atoms with Gasteiger partial charge in [0.15, 0.2) is 0 Å². The van der Waals surface area contributed by atoms with Crippen molar-refractivity contribution < 1.29 is 19.1 Å². The first-order valence-electron chi connectivity index (χ1n) is 5.73. The van der Waals surface area contributed by atoms with Crippen molar-refractivity contribution in [2.45, 2.75) is 6.04 Å². The lowest BCUT2D eigenvalue weighted by Crippen LogP contribution is -2.46. The molecule has 1 aromatic carbocycles. The van der Waals surface area contributed by atoms with Crippen LogP contribution >= 0.6 is 11.8 Å². The Balaban J connectivity index is 2.04. The number of carbonyl (C=O) groups is 2. The number of carboxylic acid groups (broad SMARTS) is 1. The molecule has 0 aromatic heterocycles. The van der Waals surface area contributed by atoms with E-state index in [-0.39, 0.29) is 17.6 Å². The minimum atomic E-state index is -1.33. The van der Waals surface area contributed by atoms with Crippen LogP contribution in [0.5, 0.6) is 0 Å². The number of aromatic carboxylic acids is 1. The molecule has 5 nitrogen and oxygen atoms in total. The molecule has 1 amide bonds. The summed E-state index contributed by atoms with van der Waals surface area (Å²) in [4.78, 5) is 22.5. The van der Waals surface area contributed by atoms with Gasteiger partial charge in [0, 0.05) is 23.7 Å². The van der Waals surface area contributed by atoms with Gasteiger partial charge in [0.05, 0.1) is 11.6 Å². The van der Waals surface area contributed by atoms with Crippen molar-refractivity contribution in [3.8, 4) is 0 Å². The topological polar surface area (TPSA) is 78.4 Å². The number of anilines is 1. The van der Waals surface area contributed by atoms with E-state index in [1.807, 2.05) is 0 Å². The van der Waals surface area contributed by atoms with E-state index in [2.05, 4.69) is 10.6 Å². The van der Waals surface area contributed by atoms with Crippen LogP contribution in [0.2, 0.25) is 0 Å². The second-order valence-corrected chi connectivity index (χ2v) is 5.22. The van der Waals surface area contributed by atoms with Crippen molar-refractivity contribution in [1.82, 2.24) is 5.32 Å². The summed E-state index contributed by atoms with van der Waals surface area (Å²) in [5.41, 5.74) is -0.158. The fourth-order valence-corrected chi connectivity index (χ4v) is 2.66. The minimum Gasteiger partial charge on any atom is -0.478 e. The van der Waals surface area contributed by atoms with Crippen LogP contribution in [0.15, 0.2) is 18.2 Å². The van der Waals surface area contributed by atoms with Crippen LogP contribution in [-0.2, 0) is 4.79 Å². The fraction of sp³-hybridized carbons (Fsp3) is 0.333. The maximum atomic E-state index is 13.4. The number of rotatable bonds is 3. The average molecular weight is 284 g/mol. The zero-order valence-corrected chi connectivity index (χ0v) is 10.8. The van der Waals surface area contributed by atoms with E-state index in [9.17, 15) is 14.0 Å². The molecule has 0 saturated carbocycles. The van der Waals surface area contributed by atoms with Gasteiger partial charge in [0.1, 0.15) is 5.82 Å². The number of amides is 1. The van der Waals surface area contributed by atoms with E-state index in [4.69, 9.17) is 5.11 Å². The zero-order valence-electron chi connectivity index (χ0n) is 9.98. The normalized spacial score (nSPS) is 18.9. The Morgan fingerprint density at radius 1 is 1.47 bits per heavy atom. The Kier molecular flexibility index (Phi) is 4.39. The van der Waals surface area contributed by atoms with Gasteiger partial charge >= 0.3 is 5.97 Å². The average Bonchev–Trinajstić information content (AvgIpc) is 2.39. The zero-order chi connectivity index (χ0) is 13.8. The number of nitrogens with one attached hydrogen (secondary N) is 2. The van der Waals surface area contributed by atoms with E-state index in [1.165, 1.54) is 6.07 Å². The molecule has 1 atom stereocenters. The van der Waals surface area contributed by atoms with Crippen molar-refractivity contribution in [2.75, 3.05) is 23.4 Å². The monoisotopic (exact) mass is 284 g/mol. The molecule has 2 rings (SSSR count). The lowest BCUT2D eigenvalue weighted by atomic mass is 10.2. The van der Waals surface area contributed by atoms with Gasteiger partial charge in [0.2, 0.25) is 5.91 Å². The lowest BCUT2D eigenvalue weighted by Gasteiger charge is -2.22. The Hall–Kier alpha value is -1.60. The highest BCUT2D eigenvalue weighted by molar-refractivity contribution is 7.99. The molecule has 0 aliphatic carbocycles. The smallest absolute Gasteiger partial charge is 0.338 e. The van der Waals surface area contributed by atoms with Crippen LogP contribution in [0.4, 0.5) is 10.1 Å². The fourth-order valence-electron chi connectivity index (χ4n) is 1.73. The molecular weight excluding hydrogens is 271 g/mol. The Morgan fingerprint density at radius 3 is 2.84 bits per heavy atom. The maximum absolute atomic E-state index is 13.4. The van der Waals surface area contributed by atoms with E-state index >= 15 is 0 Å². The van der Waals surface area contributed by atoms with Gasteiger partial charge in [-0.1, -0.05) is 0 Å². The quantitative estimate of drug-likeness (QED) is 0.776. The lowest BCUT2D eigenvalue weighted by molar-refractivity contribution is -0.117. The molecule has 1 aromatic rings. The largest absolute Gasteiger partial charge is 0.478 e. The molecule has 7 heteroatoms. The van der Waals surface area contributed by atoms with Crippen LogP contribution in [0.3, 0.4) is 0 Å². The van der Waals surface area contributed by atoms with E-state index in [0.29, 0.717) is 5.75 Å². The summed E-state index contributed by atoms with van der Waals surface area (Å²) in [5, 5.41) is 14.3. The third-order valence-electron chi connectivity index (χ3n) is 2.71. The molecule has 19 heavy (non-hydrogen) atoms. The summed E-state index contributed by atoms with van der Waals surface area (Å²) in [6, 6.07) is 3.22. The van der Waals surface area contributed by atoms with E-state index in [0.717, 1.165) is 24.4 Å². The van der Waals surface area contributed by atoms with Crippen molar-refractivity contribution in [3.63, 3.8) is 0 Å². The maximum Gasteiger partial charge on any atom is 0.338 e. The highest BCUT2D eigenvalue weighted by atomic mass is 32.2. The second-order valence-electron chi connectivity index (χ2n) is 4.07. The Bertz CT molecular complexity index is 504. The standard InChI is InChI=1S/C12H13FN2O3S/c13-9-5-7(1-2-8(9)12(17)18)15-11(16)10-6-19-4-3-14-10/h1-2,5,10,14H,3-4,6H2,(H,15,16)(H,17,18). The van der Waals surface area contributed by atoms with E-state index in [1.54, 1.807) is 11.8 Å². The van der Waals surface area contributed by atoms with Gasteiger partial charge < -0.3 is 15.7 Å². The molecule has 1 fully saturated rings. The number of carboxylic acids is 1. The summed E-state index contributed by atoms with van der Waals surface area (Å²) < 4.78 is 13.4. The van der Waals surface area contributed by atoms with Crippen molar-refractivity contribution in [1.29, 1.82) is 0 Å². The van der Waals surface area contributed by atoms with Crippen LogP contribution in [0.25, 0.3) is 0 Å². The highest BCUT2D eigenvalue weighted by Gasteiger charge is 2.21. The van der Waals surface area contributed by atoms with Gasteiger partial charge in [-0.05, 0) is 18.2 Å². The molecule has 0 radical (unpaired) electrons. The predicted octanol–water partition coefficient (Wildman–Crippen LogP) is 1.17.